The van der Waals surface area contributed by atoms with Gasteiger partial charge in [-0.25, -0.2) is 9.67 Å². The molecule has 0 radical (unpaired) electrons. The van der Waals surface area contributed by atoms with Gasteiger partial charge in [-0.1, -0.05) is 42.5 Å². The van der Waals surface area contributed by atoms with Gasteiger partial charge in [-0.15, -0.1) is 11.3 Å². The van der Waals surface area contributed by atoms with E-state index in [0.717, 1.165) is 37.7 Å². The van der Waals surface area contributed by atoms with Gasteiger partial charge in [0.25, 0.3) is 0 Å². The molecule has 2 aromatic heterocycles. The van der Waals surface area contributed by atoms with Crippen molar-refractivity contribution in [2.45, 2.75) is 6.92 Å². The van der Waals surface area contributed by atoms with Crippen LogP contribution < -0.4 is 4.74 Å². The number of hydrogen-bond acceptors (Lipinski definition) is 5. The second-order valence-electron chi connectivity index (χ2n) is 6.78. The Morgan fingerprint density at radius 1 is 0.967 bits per heavy atom. The molecule has 0 saturated heterocycles. The van der Waals surface area contributed by atoms with Crippen LogP contribution in [0.1, 0.15) is 6.92 Å². The smallest absolute Gasteiger partial charge is 0.308 e. The molecule has 5 aromatic rings. The third-order valence-electron chi connectivity index (χ3n) is 4.63. The highest BCUT2D eigenvalue weighted by molar-refractivity contribution is 7.21. The van der Waals surface area contributed by atoms with Crippen LogP contribution in [0.4, 0.5) is 0 Å². The fourth-order valence-electron chi connectivity index (χ4n) is 3.32. The Kier molecular flexibility index (Phi) is 4.61. The third kappa shape index (κ3) is 3.49. The molecule has 0 amide bonds. The van der Waals surface area contributed by atoms with E-state index in [1.165, 1.54) is 6.92 Å². The lowest BCUT2D eigenvalue weighted by atomic mass is 10.1. The van der Waals surface area contributed by atoms with Gasteiger partial charge < -0.3 is 4.74 Å². The number of hydrogen-bond donors (Lipinski definition) is 0. The molecule has 0 aliphatic rings. The van der Waals surface area contributed by atoms with Gasteiger partial charge in [0.15, 0.2) is 0 Å². The average Bonchev–Trinajstić information content (AvgIpc) is 3.38. The normalized spacial score (nSPS) is 11.0. The first kappa shape index (κ1) is 18.3. The number of ether oxygens (including phenoxy) is 1. The van der Waals surface area contributed by atoms with Gasteiger partial charge in [-0.3, -0.25) is 4.79 Å². The summed E-state index contributed by atoms with van der Waals surface area (Å²) >= 11 is 1.63. The predicted molar refractivity (Wildman–Crippen MR) is 119 cm³/mol. The number of aromatic nitrogens is 3. The Morgan fingerprint density at radius 3 is 2.57 bits per heavy atom. The van der Waals surface area contributed by atoms with Crippen molar-refractivity contribution in [3.8, 4) is 33.3 Å². The molecular weight excluding hydrogens is 394 g/mol. The molecule has 0 bridgehead atoms. The molecule has 5 nitrogen and oxygen atoms in total. The highest BCUT2D eigenvalue weighted by atomic mass is 32.1. The minimum Gasteiger partial charge on any atom is -0.427 e. The minimum atomic E-state index is -0.353. The van der Waals surface area contributed by atoms with Crippen LogP contribution in [0.25, 0.3) is 37.7 Å². The maximum Gasteiger partial charge on any atom is 0.308 e. The van der Waals surface area contributed by atoms with Gasteiger partial charge in [0, 0.05) is 18.7 Å². The summed E-state index contributed by atoms with van der Waals surface area (Å²) in [6.45, 7) is 1.39. The van der Waals surface area contributed by atoms with E-state index in [0.29, 0.717) is 5.75 Å². The summed E-state index contributed by atoms with van der Waals surface area (Å²) in [6, 6.07) is 25.4. The van der Waals surface area contributed by atoms with E-state index >= 15 is 0 Å². The molecule has 0 aliphatic carbocycles. The molecule has 0 aliphatic heterocycles. The summed E-state index contributed by atoms with van der Waals surface area (Å²) in [5.41, 5.74) is 4.50. The lowest BCUT2D eigenvalue weighted by Gasteiger charge is -2.04. The van der Waals surface area contributed by atoms with Crippen LogP contribution in [-0.4, -0.2) is 20.7 Å². The fourth-order valence-corrected chi connectivity index (χ4v) is 4.29. The maximum atomic E-state index is 11.4. The zero-order valence-corrected chi connectivity index (χ0v) is 17.0. The van der Waals surface area contributed by atoms with E-state index in [2.05, 4.69) is 6.07 Å². The summed E-state index contributed by atoms with van der Waals surface area (Å²) < 4.78 is 8.26. The molecule has 0 unspecified atom stereocenters. The first-order chi connectivity index (χ1) is 14.7. The summed E-state index contributed by atoms with van der Waals surface area (Å²) in [5, 5.41) is 5.76. The maximum absolute atomic E-state index is 11.4. The SMILES string of the molecule is CC(=O)Oc1cccc(-c2nn(-c3ccccc3)cc2-c2nc3ccccc3s2)c1. The lowest BCUT2D eigenvalue weighted by Crippen LogP contribution is -2.01. The summed E-state index contributed by atoms with van der Waals surface area (Å²) in [7, 11) is 0. The lowest BCUT2D eigenvalue weighted by molar-refractivity contribution is -0.131. The Hall–Kier alpha value is -3.77. The van der Waals surface area contributed by atoms with Crippen molar-refractivity contribution in [3.05, 3.63) is 85.1 Å². The molecule has 0 spiro atoms. The van der Waals surface area contributed by atoms with Crippen LogP contribution in [0.3, 0.4) is 0 Å². The molecule has 0 saturated carbocycles. The van der Waals surface area contributed by atoms with Gasteiger partial charge in [0.2, 0.25) is 0 Å². The number of benzene rings is 3. The molecule has 0 atom stereocenters. The van der Waals surface area contributed by atoms with E-state index in [-0.39, 0.29) is 5.97 Å². The molecule has 0 N–H and O–H groups in total. The van der Waals surface area contributed by atoms with Crippen LogP contribution in [0.15, 0.2) is 85.1 Å². The van der Waals surface area contributed by atoms with Gasteiger partial charge in [-0.2, -0.15) is 5.10 Å². The zero-order valence-electron chi connectivity index (χ0n) is 16.1. The standard InChI is InChI=1S/C24H17N3O2S/c1-16(28)29-19-11-7-8-17(14-19)23-20(15-27(26-23)18-9-3-2-4-10-18)24-25-21-12-5-6-13-22(21)30-24/h2-15H,1H3. The Labute approximate surface area is 177 Å². The van der Waals surface area contributed by atoms with E-state index in [1.54, 1.807) is 17.4 Å². The van der Waals surface area contributed by atoms with Crippen molar-refractivity contribution in [3.63, 3.8) is 0 Å². The summed E-state index contributed by atoms with van der Waals surface area (Å²) in [6.07, 6.45) is 2.00. The highest BCUT2D eigenvalue weighted by Gasteiger charge is 2.18. The highest BCUT2D eigenvalue weighted by Crippen LogP contribution is 2.37. The van der Waals surface area contributed by atoms with Gasteiger partial charge >= 0.3 is 5.97 Å². The minimum absolute atomic E-state index is 0.353. The first-order valence-corrected chi connectivity index (χ1v) is 10.3. The third-order valence-corrected chi connectivity index (χ3v) is 5.70. The molecule has 6 heteroatoms. The number of nitrogens with zero attached hydrogens (tertiary/aromatic N) is 3. The molecule has 0 fully saturated rings. The zero-order chi connectivity index (χ0) is 20.5. The Balaban J connectivity index is 1.69. The van der Waals surface area contributed by atoms with E-state index in [1.807, 2.05) is 77.6 Å². The van der Waals surface area contributed by atoms with E-state index in [4.69, 9.17) is 14.8 Å². The van der Waals surface area contributed by atoms with E-state index < -0.39 is 0 Å². The van der Waals surface area contributed by atoms with Crippen molar-refractivity contribution < 1.29 is 9.53 Å². The number of carbonyl (C=O) groups excluding carboxylic acids is 1. The molecule has 2 heterocycles. The number of para-hydroxylation sites is 2. The fraction of sp³-hybridized carbons (Fsp3) is 0.0417. The summed E-state index contributed by atoms with van der Waals surface area (Å²) in [4.78, 5) is 16.2. The predicted octanol–water partition coefficient (Wildman–Crippen LogP) is 5.74. The topological polar surface area (TPSA) is 57.0 Å². The first-order valence-electron chi connectivity index (χ1n) is 9.47. The van der Waals surface area contributed by atoms with Crippen molar-refractivity contribution in [1.29, 1.82) is 0 Å². The number of fused-ring (bicyclic) bond motifs is 1. The van der Waals surface area contributed by atoms with Crippen molar-refractivity contribution in [2.75, 3.05) is 0 Å². The van der Waals surface area contributed by atoms with Crippen LogP contribution in [-0.2, 0) is 4.79 Å². The average molecular weight is 411 g/mol. The molecule has 3 aromatic carbocycles. The van der Waals surface area contributed by atoms with Gasteiger partial charge in [0.05, 0.1) is 21.5 Å². The Bertz CT molecular complexity index is 1320. The van der Waals surface area contributed by atoms with Gasteiger partial charge in [0.1, 0.15) is 16.5 Å². The van der Waals surface area contributed by atoms with Crippen molar-refractivity contribution in [2.24, 2.45) is 0 Å². The largest absolute Gasteiger partial charge is 0.427 e. The summed E-state index contributed by atoms with van der Waals surface area (Å²) in [5.74, 6) is 0.137. The van der Waals surface area contributed by atoms with Crippen LogP contribution in [0, 0.1) is 0 Å². The molecule has 5 rings (SSSR count). The number of carbonyl (C=O) groups is 1. The van der Waals surface area contributed by atoms with E-state index in [9.17, 15) is 4.79 Å². The van der Waals surface area contributed by atoms with Crippen molar-refractivity contribution >= 4 is 27.5 Å². The van der Waals surface area contributed by atoms with Crippen LogP contribution >= 0.6 is 11.3 Å². The van der Waals surface area contributed by atoms with Crippen LogP contribution in [0.2, 0.25) is 0 Å². The molecule has 30 heavy (non-hydrogen) atoms. The molecule has 146 valence electrons. The number of rotatable bonds is 4. The monoisotopic (exact) mass is 411 g/mol. The van der Waals surface area contributed by atoms with Crippen molar-refractivity contribution in [1.82, 2.24) is 14.8 Å². The quantitative estimate of drug-likeness (QED) is 0.279. The van der Waals surface area contributed by atoms with Crippen LogP contribution in [0.5, 0.6) is 5.75 Å². The molecular formula is C24H17N3O2S. The van der Waals surface area contributed by atoms with Gasteiger partial charge in [-0.05, 0) is 36.4 Å². The number of thiazole rings is 1. The second kappa shape index (κ2) is 7.57. The Morgan fingerprint density at radius 2 is 1.77 bits per heavy atom. The number of esters is 1. The second-order valence-corrected chi connectivity index (χ2v) is 7.81.